The maximum absolute atomic E-state index is 12.4. The van der Waals surface area contributed by atoms with E-state index >= 15 is 0 Å². The highest BCUT2D eigenvalue weighted by Gasteiger charge is 2.47. The highest BCUT2D eigenvalue weighted by atomic mass is 16.5. The van der Waals surface area contributed by atoms with Gasteiger partial charge in [0, 0.05) is 5.69 Å². The molecule has 1 aromatic rings. The molecular weight excluding hydrogens is 362 g/mol. The van der Waals surface area contributed by atoms with E-state index < -0.39 is 36.4 Å². The van der Waals surface area contributed by atoms with Crippen LogP contribution >= 0.6 is 0 Å². The molecule has 1 aliphatic carbocycles. The molecule has 8 nitrogen and oxygen atoms in total. The number of imide groups is 1. The van der Waals surface area contributed by atoms with Gasteiger partial charge in [-0.15, -0.1) is 0 Å². The number of nitrogens with one attached hydrogen (secondary N) is 1. The number of nitriles is 1. The van der Waals surface area contributed by atoms with E-state index in [4.69, 9.17) is 10.00 Å². The number of carbonyl (C=O) groups is 4. The number of hydrogen-bond donors (Lipinski definition) is 1. The molecule has 0 unspecified atom stereocenters. The Morgan fingerprint density at radius 2 is 1.75 bits per heavy atom. The number of fused-ring (bicyclic) bond motifs is 1. The van der Waals surface area contributed by atoms with Crippen molar-refractivity contribution in [3.63, 3.8) is 0 Å². The Hall–Kier alpha value is -3.47. The summed E-state index contributed by atoms with van der Waals surface area (Å²) >= 11 is 0. The summed E-state index contributed by atoms with van der Waals surface area (Å²) in [7, 11) is 0. The summed E-state index contributed by atoms with van der Waals surface area (Å²) in [5, 5.41) is 11.3. The number of likely N-dealkylation sites (tertiary alicyclic amines) is 1. The number of allylic oxidation sites excluding steroid dienone is 2. The Morgan fingerprint density at radius 1 is 1.18 bits per heavy atom. The molecule has 1 saturated heterocycles. The van der Waals surface area contributed by atoms with Crippen molar-refractivity contribution in [2.75, 3.05) is 11.9 Å². The summed E-state index contributed by atoms with van der Waals surface area (Å²) < 4.78 is 5.08. The predicted molar refractivity (Wildman–Crippen MR) is 97.4 cm³/mol. The third kappa shape index (κ3) is 3.93. The van der Waals surface area contributed by atoms with Gasteiger partial charge in [0.2, 0.25) is 11.8 Å². The number of hydrogen-bond acceptors (Lipinski definition) is 6. The quantitative estimate of drug-likeness (QED) is 0.468. The van der Waals surface area contributed by atoms with Crippen LogP contribution in [0.25, 0.3) is 0 Å². The fourth-order valence-electron chi connectivity index (χ4n) is 3.31. The number of benzene rings is 1. The van der Waals surface area contributed by atoms with Crippen LogP contribution in [0.4, 0.5) is 5.69 Å². The van der Waals surface area contributed by atoms with E-state index in [-0.39, 0.29) is 11.8 Å². The molecule has 0 aromatic heterocycles. The van der Waals surface area contributed by atoms with Gasteiger partial charge in [0.05, 0.1) is 23.5 Å². The highest BCUT2D eigenvalue weighted by Crippen LogP contribution is 2.34. The SMILES string of the molecule is C[C@H](OC(=O)CN1C(=O)[C@H]2CC=CC[C@@H]2C1=O)C(=O)Nc1ccc(C#N)cc1. The van der Waals surface area contributed by atoms with Gasteiger partial charge in [-0.1, -0.05) is 12.2 Å². The summed E-state index contributed by atoms with van der Waals surface area (Å²) in [6.07, 6.45) is 3.60. The van der Waals surface area contributed by atoms with Gasteiger partial charge in [-0.2, -0.15) is 5.26 Å². The molecule has 1 aromatic carbocycles. The van der Waals surface area contributed by atoms with Gasteiger partial charge in [-0.05, 0) is 44.0 Å². The largest absolute Gasteiger partial charge is 0.451 e. The van der Waals surface area contributed by atoms with Crippen molar-refractivity contribution in [3.05, 3.63) is 42.0 Å². The molecular formula is C20H19N3O5. The number of carbonyl (C=O) groups excluding carboxylic acids is 4. The summed E-state index contributed by atoms with van der Waals surface area (Å²) in [6.45, 7) is 0.896. The Kier molecular flexibility index (Phi) is 5.54. The lowest BCUT2D eigenvalue weighted by molar-refractivity contribution is -0.158. The molecule has 1 fully saturated rings. The van der Waals surface area contributed by atoms with E-state index in [1.165, 1.54) is 6.92 Å². The summed E-state index contributed by atoms with van der Waals surface area (Å²) in [4.78, 5) is 50.0. The average Bonchev–Trinajstić information content (AvgIpc) is 2.93. The van der Waals surface area contributed by atoms with Gasteiger partial charge in [0.25, 0.3) is 5.91 Å². The van der Waals surface area contributed by atoms with Crippen molar-refractivity contribution in [2.24, 2.45) is 11.8 Å². The number of rotatable bonds is 5. The lowest BCUT2D eigenvalue weighted by Crippen LogP contribution is -2.39. The molecule has 0 radical (unpaired) electrons. The molecule has 3 atom stereocenters. The van der Waals surface area contributed by atoms with Crippen LogP contribution in [0.15, 0.2) is 36.4 Å². The van der Waals surface area contributed by atoms with Crippen LogP contribution in [0, 0.1) is 23.2 Å². The molecule has 0 spiro atoms. The van der Waals surface area contributed by atoms with Crippen molar-refractivity contribution in [1.29, 1.82) is 5.26 Å². The molecule has 0 bridgehead atoms. The van der Waals surface area contributed by atoms with Crippen LogP contribution < -0.4 is 5.32 Å². The smallest absolute Gasteiger partial charge is 0.326 e. The molecule has 1 N–H and O–H groups in total. The lowest BCUT2D eigenvalue weighted by atomic mass is 9.85. The molecule has 1 aliphatic heterocycles. The standard InChI is InChI=1S/C20H19N3O5/c1-12(18(25)22-14-8-6-13(10-21)7-9-14)28-17(24)11-23-19(26)15-4-2-3-5-16(15)20(23)27/h2-3,6-9,12,15-16H,4-5,11H2,1H3,(H,22,25)/t12-,15-,16-/m0/s1. The first-order valence-electron chi connectivity index (χ1n) is 8.91. The average molecular weight is 381 g/mol. The van der Waals surface area contributed by atoms with Gasteiger partial charge in [-0.3, -0.25) is 24.1 Å². The first-order valence-corrected chi connectivity index (χ1v) is 8.91. The molecule has 8 heteroatoms. The summed E-state index contributed by atoms with van der Waals surface area (Å²) in [5.74, 6) is -2.95. The fraction of sp³-hybridized carbons (Fsp3) is 0.350. The Morgan fingerprint density at radius 3 is 2.29 bits per heavy atom. The molecule has 28 heavy (non-hydrogen) atoms. The minimum absolute atomic E-state index is 0.369. The first-order chi connectivity index (χ1) is 13.4. The first kappa shape index (κ1) is 19.3. The van der Waals surface area contributed by atoms with Crippen LogP contribution in [0.5, 0.6) is 0 Å². The number of amides is 3. The van der Waals surface area contributed by atoms with Gasteiger partial charge >= 0.3 is 5.97 Å². The van der Waals surface area contributed by atoms with Gasteiger partial charge in [0.1, 0.15) is 6.54 Å². The van der Waals surface area contributed by atoms with E-state index in [1.54, 1.807) is 24.3 Å². The van der Waals surface area contributed by atoms with Gasteiger partial charge in [0.15, 0.2) is 6.10 Å². The molecule has 3 amide bonds. The molecule has 2 aliphatic rings. The van der Waals surface area contributed by atoms with Crippen molar-refractivity contribution in [1.82, 2.24) is 4.90 Å². The van der Waals surface area contributed by atoms with Gasteiger partial charge < -0.3 is 10.1 Å². The van der Waals surface area contributed by atoms with E-state index in [1.807, 2.05) is 18.2 Å². The third-order valence-corrected chi connectivity index (χ3v) is 4.85. The number of anilines is 1. The topological polar surface area (TPSA) is 117 Å². The maximum Gasteiger partial charge on any atom is 0.326 e. The molecule has 144 valence electrons. The molecule has 0 saturated carbocycles. The van der Waals surface area contributed by atoms with Crippen molar-refractivity contribution < 1.29 is 23.9 Å². The zero-order valence-corrected chi connectivity index (χ0v) is 15.3. The van der Waals surface area contributed by atoms with Crippen LogP contribution in [0.1, 0.15) is 25.3 Å². The highest BCUT2D eigenvalue weighted by molar-refractivity contribution is 6.07. The van der Waals surface area contributed by atoms with Crippen LogP contribution in [-0.4, -0.2) is 41.2 Å². The molecule has 3 rings (SSSR count). The van der Waals surface area contributed by atoms with Crippen molar-refractivity contribution in [3.8, 4) is 6.07 Å². The monoisotopic (exact) mass is 381 g/mol. The Bertz CT molecular complexity index is 858. The second-order valence-corrected chi connectivity index (χ2v) is 6.73. The third-order valence-electron chi connectivity index (χ3n) is 4.85. The van der Waals surface area contributed by atoms with Crippen LogP contribution in [0.2, 0.25) is 0 Å². The second-order valence-electron chi connectivity index (χ2n) is 6.73. The number of esters is 1. The van der Waals surface area contributed by atoms with Crippen molar-refractivity contribution in [2.45, 2.75) is 25.9 Å². The summed E-state index contributed by atoms with van der Waals surface area (Å²) in [5.41, 5.74) is 0.904. The predicted octanol–water partition coefficient (Wildman–Crippen LogP) is 1.38. The minimum Gasteiger partial charge on any atom is -0.451 e. The zero-order valence-electron chi connectivity index (χ0n) is 15.3. The fourth-order valence-corrected chi connectivity index (χ4v) is 3.31. The second kappa shape index (κ2) is 8.05. The number of ether oxygens (including phenoxy) is 1. The van der Waals surface area contributed by atoms with Crippen LogP contribution in [0.3, 0.4) is 0 Å². The summed E-state index contributed by atoms with van der Waals surface area (Å²) in [6, 6.07) is 8.18. The van der Waals surface area contributed by atoms with Crippen LogP contribution in [-0.2, 0) is 23.9 Å². The van der Waals surface area contributed by atoms with Crippen molar-refractivity contribution >= 4 is 29.4 Å². The Labute approximate surface area is 161 Å². The number of nitrogens with zero attached hydrogens (tertiary/aromatic N) is 2. The van der Waals surface area contributed by atoms with E-state index in [0.717, 1.165) is 4.90 Å². The Balaban J connectivity index is 1.54. The minimum atomic E-state index is -1.11. The normalized spacial score (nSPS) is 21.6. The van der Waals surface area contributed by atoms with Gasteiger partial charge in [-0.25, -0.2) is 0 Å². The van der Waals surface area contributed by atoms with E-state index in [9.17, 15) is 19.2 Å². The zero-order chi connectivity index (χ0) is 20.3. The van der Waals surface area contributed by atoms with E-state index in [2.05, 4.69) is 5.32 Å². The lowest BCUT2D eigenvalue weighted by Gasteiger charge is -2.17. The van der Waals surface area contributed by atoms with E-state index in [0.29, 0.717) is 24.1 Å². The maximum atomic E-state index is 12.4. The molecule has 1 heterocycles.